The average molecular weight is 215 g/mol. The Labute approximate surface area is 91.1 Å². The van der Waals surface area contributed by atoms with E-state index in [0.29, 0.717) is 25.6 Å². The van der Waals surface area contributed by atoms with Gasteiger partial charge in [0.25, 0.3) is 0 Å². The van der Waals surface area contributed by atoms with Gasteiger partial charge in [0.1, 0.15) is 5.54 Å². The summed E-state index contributed by atoms with van der Waals surface area (Å²) in [5.41, 5.74) is 4.95. The van der Waals surface area contributed by atoms with E-state index in [1.54, 1.807) is 0 Å². The van der Waals surface area contributed by atoms with E-state index >= 15 is 0 Å². The first-order valence-corrected chi connectivity index (χ1v) is 5.58. The minimum Gasteiger partial charge on any atom is -0.464 e. The Kier molecular flexibility index (Phi) is 4.54. The molecule has 0 aliphatic carbocycles. The molecule has 1 fully saturated rings. The topological polar surface area (TPSA) is 61.5 Å². The van der Waals surface area contributed by atoms with Crippen LogP contribution in [0.1, 0.15) is 33.1 Å². The maximum absolute atomic E-state index is 11.6. The van der Waals surface area contributed by atoms with Crippen molar-refractivity contribution in [2.45, 2.75) is 38.6 Å². The molecule has 0 aromatic carbocycles. The number of carbonyl (C=O) groups is 1. The van der Waals surface area contributed by atoms with Crippen LogP contribution >= 0.6 is 0 Å². The molecule has 0 aromatic rings. The van der Waals surface area contributed by atoms with Crippen LogP contribution in [0.15, 0.2) is 0 Å². The SMILES string of the molecule is CC(C)CCCOC(=O)C1(N)CCOC1. The lowest BCUT2D eigenvalue weighted by Gasteiger charge is -2.19. The van der Waals surface area contributed by atoms with E-state index in [9.17, 15) is 4.79 Å². The van der Waals surface area contributed by atoms with Crippen LogP contribution in [0, 0.1) is 5.92 Å². The number of carbonyl (C=O) groups excluding carboxylic acids is 1. The van der Waals surface area contributed by atoms with Crippen LogP contribution in [0.5, 0.6) is 0 Å². The van der Waals surface area contributed by atoms with Crippen molar-refractivity contribution in [2.75, 3.05) is 19.8 Å². The second-order valence-corrected chi connectivity index (χ2v) is 4.63. The Morgan fingerprint density at radius 3 is 2.87 bits per heavy atom. The van der Waals surface area contributed by atoms with Gasteiger partial charge < -0.3 is 15.2 Å². The molecule has 0 aromatic heterocycles. The Morgan fingerprint density at radius 1 is 1.60 bits per heavy atom. The molecule has 0 amide bonds. The molecule has 1 aliphatic heterocycles. The molecule has 1 aliphatic rings. The standard InChI is InChI=1S/C11H21NO3/c1-9(2)4-3-6-15-10(13)11(12)5-7-14-8-11/h9H,3-8,12H2,1-2H3. The van der Waals surface area contributed by atoms with Crippen LogP contribution in [-0.2, 0) is 14.3 Å². The average Bonchev–Trinajstić information content (AvgIpc) is 2.60. The zero-order valence-corrected chi connectivity index (χ0v) is 9.62. The molecule has 15 heavy (non-hydrogen) atoms. The summed E-state index contributed by atoms with van der Waals surface area (Å²) >= 11 is 0. The number of esters is 1. The van der Waals surface area contributed by atoms with Gasteiger partial charge in [-0.1, -0.05) is 13.8 Å². The molecule has 0 spiro atoms. The lowest BCUT2D eigenvalue weighted by atomic mass is 10.0. The lowest BCUT2D eigenvalue weighted by Crippen LogP contribution is -2.49. The van der Waals surface area contributed by atoms with E-state index in [1.807, 2.05) is 0 Å². The zero-order chi connectivity index (χ0) is 11.3. The van der Waals surface area contributed by atoms with E-state index < -0.39 is 5.54 Å². The molecule has 4 nitrogen and oxygen atoms in total. The molecule has 1 heterocycles. The van der Waals surface area contributed by atoms with Crippen molar-refractivity contribution in [3.63, 3.8) is 0 Å². The highest BCUT2D eigenvalue weighted by atomic mass is 16.5. The van der Waals surface area contributed by atoms with Crippen molar-refractivity contribution in [3.05, 3.63) is 0 Å². The van der Waals surface area contributed by atoms with Crippen molar-refractivity contribution >= 4 is 5.97 Å². The fraction of sp³-hybridized carbons (Fsp3) is 0.909. The second kappa shape index (κ2) is 5.47. The van der Waals surface area contributed by atoms with Gasteiger partial charge in [-0.2, -0.15) is 0 Å². The molecule has 1 atom stereocenters. The third kappa shape index (κ3) is 3.80. The van der Waals surface area contributed by atoms with Crippen molar-refractivity contribution in [1.82, 2.24) is 0 Å². The smallest absolute Gasteiger partial charge is 0.328 e. The van der Waals surface area contributed by atoms with Gasteiger partial charge in [0, 0.05) is 13.0 Å². The Balaban J connectivity index is 2.18. The van der Waals surface area contributed by atoms with Gasteiger partial charge in [0.05, 0.1) is 13.2 Å². The number of nitrogens with two attached hydrogens (primary N) is 1. The van der Waals surface area contributed by atoms with Gasteiger partial charge in [-0.3, -0.25) is 0 Å². The first-order valence-electron chi connectivity index (χ1n) is 5.58. The number of hydrogen-bond donors (Lipinski definition) is 1. The van der Waals surface area contributed by atoms with Crippen molar-refractivity contribution in [2.24, 2.45) is 11.7 Å². The van der Waals surface area contributed by atoms with Gasteiger partial charge in [0.2, 0.25) is 0 Å². The van der Waals surface area contributed by atoms with Crippen LogP contribution in [0.4, 0.5) is 0 Å². The predicted octanol–water partition coefficient (Wildman–Crippen LogP) is 1.08. The van der Waals surface area contributed by atoms with Gasteiger partial charge >= 0.3 is 5.97 Å². The largest absolute Gasteiger partial charge is 0.464 e. The summed E-state index contributed by atoms with van der Waals surface area (Å²) in [5.74, 6) is 0.328. The Morgan fingerprint density at radius 2 is 2.33 bits per heavy atom. The monoisotopic (exact) mass is 215 g/mol. The summed E-state index contributed by atoms with van der Waals surface area (Å²) in [5, 5.41) is 0. The quantitative estimate of drug-likeness (QED) is 0.550. The van der Waals surface area contributed by atoms with Crippen molar-refractivity contribution < 1.29 is 14.3 Å². The number of ether oxygens (including phenoxy) is 2. The zero-order valence-electron chi connectivity index (χ0n) is 9.62. The summed E-state index contributed by atoms with van der Waals surface area (Å²) in [4.78, 5) is 11.6. The lowest BCUT2D eigenvalue weighted by molar-refractivity contribution is -0.150. The highest BCUT2D eigenvalue weighted by Gasteiger charge is 2.39. The third-order valence-corrected chi connectivity index (χ3v) is 2.62. The van der Waals surface area contributed by atoms with Gasteiger partial charge in [-0.15, -0.1) is 0 Å². The van der Waals surface area contributed by atoms with Crippen LogP contribution in [0.2, 0.25) is 0 Å². The molecule has 1 saturated heterocycles. The van der Waals surface area contributed by atoms with E-state index in [-0.39, 0.29) is 12.6 Å². The Bertz CT molecular complexity index is 210. The maximum Gasteiger partial charge on any atom is 0.328 e. The van der Waals surface area contributed by atoms with Crippen LogP contribution in [0.25, 0.3) is 0 Å². The summed E-state index contributed by atoms with van der Waals surface area (Å²) in [6.07, 6.45) is 2.54. The molecule has 88 valence electrons. The molecule has 4 heteroatoms. The summed E-state index contributed by atoms with van der Waals surface area (Å²) in [7, 11) is 0. The molecule has 1 unspecified atom stereocenters. The van der Waals surface area contributed by atoms with Gasteiger partial charge in [-0.25, -0.2) is 4.79 Å². The highest BCUT2D eigenvalue weighted by Crippen LogP contribution is 2.17. The van der Waals surface area contributed by atoms with Crippen LogP contribution in [-0.4, -0.2) is 31.3 Å². The molecule has 1 rings (SSSR count). The maximum atomic E-state index is 11.6. The second-order valence-electron chi connectivity index (χ2n) is 4.63. The molecule has 0 bridgehead atoms. The molecular weight excluding hydrogens is 194 g/mol. The normalized spacial score (nSPS) is 25.9. The summed E-state index contributed by atoms with van der Waals surface area (Å²) in [6, 6.07) is 0. The predicted molar refractivity (Wildman–Crippen MR) is 57.4 cm³/mol. The first-order chi connectivity index (χ1) is 7.04. The van der Waals surface area contributed by atoms with Gasteiger partial charge in [0.15, 0.2) is 0 Å². The Hall–Kier alpha value is -0.610. The third-order valence-electron chi connectivity index (χ3n) is 2.62. The minimum atomic E-state index is -0.891. The fourth-order valence-electron chi connectivity index (χ4n) is 1.54. The molecular formula is C11H21NO3. The van der Waals surface area contributed by atoms with E-state index in [4.69, 9.17) is 15.2 Å². The minimum absolute atomic E-state index is 0.288. The van der Waals surface area contributed by atoms with E-state index in [2.05, 4.69) is 13.8 Å². The van der Waals surface area contributed by atoms with Crippen LogP contribution < -0.4 is 5.73 Å². The van der Waals surface area contributed by atoms with E-state index in [0.717, 1.165) is 12.8 Å². The first kappa shape index (κ1) is 12.5. The number of hydrogen-bond acceptors (Lipinski definition) is 4. The summed E-state index contributed by atoms with van der Waals surface area (Å²) < 4.78 is 10.2. The molecule has 0 saturated carbocycles. The van der Waals surface area contributed by atoms with Crippen LogP contribution in [0.3, 0.4) is 0 Å². The van der Waals surface area contributed by atoms with E-state index in [1.165, 1.54) is 0 Å². The molecule has 2 N–H and O–H groups in total. The van der Waals surface area contributed by atoms with Crippen molar-refractivity contribution in [1.29, 1.82) is 0 Å². The summed E-state index contributed by atoms with van der Waals surface area (Å²) in [6.45, 7) is 5.61. The fourth-order valence-corrected chi connectivity index (χ4v) is 1.54. The van der Waals surface area contributed by atoms with Gasteiger partial charge in [-0.05, 0) is 18.8 Å². The number of rotatable bonds is 5. The highest BCUT2D eigenvalue weighted by molar-refractivity contribution is 5.81. The molecule has 0 radical (unpaired) electrons. The van der Waals surface area contributed by atoms with Crippen molar-refractivity contribution in [3.8, 4) is 0 Å².